The lowest BCUT2D eigenvalue weighted by Crippen LogP contribution is -2.51. The molecule has 0 unspecified atom stereocenters. The smallest absolute Gasteiger partial charge is 0.218 e. The second kappa shape index (κ2) is 9.14. The summed E-state index contributed by atoms with van der Waals surface area (Å²) >= 11 is 0. The molecule has 4 rings (SSSR count). The van der Waals surface area contributed by atoms with Crippen molar-refractivity contribution < 1.29 is 8.42 Å². The number of anilines is 1. The van der Waals surface area contributed by atoms with Crippen LogP contribution in [0.5, 0.6) is 0 Å². The highest BCUT2D eigenvalue weighted by Gasteiger charge is 2.38. The Labute approximate surface area is 217 Å². The fourth-order valence-electron chi connectivity index (χ4n) is 6.04. The van der Waals surface area contributed by atoms with Crippen LogP contribution in [0.2, 0.25) is 0 Å². The molecule has 0 saturated carbocycles. The molecule has 0 amide bonds. The van der Waals surface area contributed by atoms with E-state index in [0.717, 1.165) is 23.0 Å². The Hall–Kier alpha value is -2.44. The molecule has 0 atom stereocenters. The van der Waals surface area contributed by atoms with Crippen LogP contribution in [0.25, 0.3) is 11.6 Å². The summed E-state index contributed by atoms with van der Waals surface area (Å²) in [6, 6.07) is 11.2. The molecule has 5 nitrogen and oxygen atoms in total. The molecule has 194 valence electrons. The van der Waals surface area contributed by atoms with E-state index in [1.165, 1.54) is 27.6 Å². The predicted molar refractivity (Wildman–Crippen MR) is 153 cm³/mol. The number of rotatable bonds is 7. The molecule has 0 fully saturated rings. The second-order valence-electron chi connectivity index (χ2n) is 11.3. The molecule has 1 heterocycles. The van der Waals surface area contributed by atoms with Gasteiger partial charge in [-0.05, 0) is 64.8 Å². The van der Waals surface area contributed by atoms with Crippen LogP contribution < -0.4 is 20.1 Å². The SMILES string of the molecule is CCN(CC)S(=O)(=O)CC1=CC(C)(C)[N+](CC)=c2cc3c(cc21)=Cc1ccc(N(C)C)cc1C3(C)C. The molecule has 2 aromatic rings. The van der Waals surface area contributed by atoms with E-state index in [4.69, 9.17) is 0 Å². The fourth-order valence-corrected chi connectivity index (χ4v) is 7.64. The predicted octanol–water partition coefficient (Wildman–Crippen LogP) is 3.58. The topological polar surface area (TPSA) is 43.6 Å². The highest BCUT2D eigenvalue weighted by molar-refractivity contribution is 7.89. The first-order chi connectivity index (χ1) is 16.8. The maximum Gasteiger partial charge on any atom is 0.218 e. The fraction of sp³-hybridized carbons (Fsp3) is 0.500. The van der Waals surface area contributed by atoms with Gasteiger partial charge in [-0.3, -0.25) is 0 Å². The number of hydrogen-bond donors (Lipinski definition) is 0. The molecule has 0 bridgehead atoms. The zero-order valence-electron chi connectivity index (χ0n) is 23.4. The second-order valence-corrected chi connectivity index (χ2v) is 13.3. The van der Waals surface area contributed by atoms with E-state index in [2.05, 4.69) is 101 Å². The standard InChI is InChI=1S/C30H42N3O2S/c1-10-32(11-2)36(34,35)20-23-19-29(4,5)33(12-3)28-18-27-22(16-25(23)28)15-21-13-14-24(31(8)9)17-26(21)30(27,6)7/h13-19H,10-12,20H2,1-9H3/q+1. The molecule has 1 aliphatic carbocycles. The average molecular weight is 509 g/mol. The molecule has 0 saturated heterocycles. The first kappa shape index (κ1) is 26.6. The first-order valence-electron chi connectivity index (χ1n) is 13.1. The van der Waals surface area contributed by atoms with Crippen molar-refractivity contribution in [3.8, 4) is 0 Å². The molecule has 6 heteroatoms. The van der Waals surface area contributed by atoms with Crippen LogP contribution in [-0.4, -0.2) is 57.7 Å². The Morgan fingerprint density at radius 2 is 1.58 bits per heavy atom. The number of hydrogen-bond acceptors (Lipinski definition) is 3. The number of nitrogens with zero attached hydrogens (tertiary/aromatic N) is 3. The van der Waals surface area contributed by atoms with Crippen LogP contribution in [0, 0.1) is 0 Å². The zero-order chi connectivity index (χ0) is 26.6. The summed E-state index contributed by atoms with van der Waals surface area (Å²) in [4.78, 5) is 2.15. The molecule has 0 N–H and O–H groups in total. The third kappa shape index (κ3) is 4.32. The first-order valence-corrected chi connectivity index (χ1v) is 14.7. The molecule has 36 heavy (non-hydrogen) atoms. The van der Waals surface area contributed by atoms with E-state index >= 15 is 0 Å². The summed E-state index contributed by atoms with van der Waals surface area (Å²) in [6.45, 7) is 16.8. The minimum absolute atomic E-state index is 0.0215. The van der Waals surface area contributed by atoms with Gasteiger partial charge in [-0.15, -0.1) is 0 Å². The van der Waals surface area contributed by atoms with Crippen molar-refractivity contribution in [2.75, 3.05) is 44.4 Å². The van der Waals surface area contributed by atoms with E-state index in [1.54, 1.807) is 4.31 Å². The van der Waals surface area contributed by atoms with Crippen molar-refractivity contribution in [1.82, 2.24) is 8.88 Å². The van der Waals surface area contributed by atoms with Gasteiger partial charge < -0.3 is 4.90 Å². The molecule has 0 radical (unpaired) electrons. The lowest BCUT2D eigenvalue weighted by Gasteiger charge is -2.34. The molecular weight excluding hydrogens is 466 g/mol. The summed E-state index contributed by atoms with van der Waals surface area (Å²) in [6.07, 6.45) is 4.43. The van der Waals surface area contributed by atoms with Gasteiger partial charge in [0.05, 0.1) is 11.3 Å². The third-order valence-electron chi connectivity index (χ3n) is 7.99. The molecule has 0 aromatic heterocycles. The van der Waals surface area contributed by atoms with Gasteiger partial charge in [-0.2, -0.15) is 0 Å². The van der Waals surface area contributed by atoms with Gasteiger partial charge >= 0.3 is 0 Å². The van der Waals surface area contributed by atoms with Gasteiger partial charge in [-0.25, -0.2) is 17.3 Å². The Bertz CT molecular complexity index is 1460. The van der Waals surface area contributed by atoms with E-state index in [9.17, 15) is 8.42 Å². The largest absolute Gasteiger partial charge is 0.378 e. The van der Waals surface area contributed by atoms with E-state index in [-0.39, 0.29) is 16.7 Å². The van der Waals surface area contributed by atoms with Crippen LogP contribution in [-0.2, 0) is 15.4 Å². The van der Waals surface area contributed by atoms with Crippen LogP contribution in [0.4, 0.5) is 5.69 Å². The Morgan fingerprint density at radius 3 is 2.17 bits per heavy atom. The van der Waals surface area contributed by atoms with Gasteiger partial charge in [0.15, 0.2) is 5.54 Å². The number of likely N-dealkylation sites (N-methyl/N-ethyl adjacent to an activating group) is 1. The van der Waals surface area contributed by atoms with Crippen molar-refractivity contribution in [3.05, 3.63) is 69.2 Å². The van der Waals surface area contributed by atoms with Crippen LogP contribution in [0.1, 0.15) is 70.7 Å². The van der Waals surface area contributed by atoms with Crippen molar-refractivity contribution in [2.45, 2.75) is 59.4 Å². The molecule has 0 spiro atoms. The Morgan fingerprint density at radius 1 is 0.917 bits per heavy atom. The highest BCUT2D eigenvalue weighted by Crippen LogP contribution is 2.37. The van der Waals surface area contributed by atoms with Gasteiger partial charge in [-0.1, -0.05) is 33.8 Å². The van der Waals surface area contributed by atoms with Crippen molar-refractivity contribution in [2.24, 2.45) is 0 Å². The summed E-state index contributed by atoms with van der Waals surface area (Å²) in [5.74, 6) is 0.0215. The monoisotopic (exact) mass is 508 g/mol. The number of benzene rings is 2. The minimum Gasteiger partial charge on any atom is -0.378 e. The lowest BCUT2D eigenvalue weighted by molar-refractivity contribution is 0.401. The maximum absolute atomic E-state index is 13.3. The molecular formula is C30H42N3O2S+. The van der Waals surface area contributed by atoms with Gasteiger partial charge in [0.25, 0.3) is 0 Å². The summed E-state index contributed by atoms with van der Waals surface area (Å²) < 4.78 is 30.6. The number of sulfonamides is 1. The van der Waals surface area contributed by atoms with E-state index in [1.807, 2.05) is 13.8 Å². The van der Waals surface area contributed by atoms with Crippen LogP contribution in [0.3, 0.4) is 0 Å². The van der Waals surface area contributed by atoms with E-state index < -0.39 is 10.0 Å². The Balaban J connectivity index is 2.00. The molecule has 1 aliphatic heterocycles. The van der Waals surface area contributed by atoms with Gasteiger partial charge in [0.2, 0.25) is 15.4 Å². The maximum atomic E-state index is 13.3. The van der Waals surface area contributed by atoms with Gasteiger partial charge in [0.1, 0.15) is 6.54 Å². The normalized spacial score (nSPS) is 17.6. The quantitative estimate of drug-likeness (QED) is 0.537. The van der Waals surface area contributed by atoms with Crippen LogP contribution in [0.15, 0.2) is 36.4 Å². The molecule has 2 aliphatic rings. The van der Waals surface area contributed by atoms with Crippen molar-refractivity contribution in [1.29, 1.82) is 0 Å². The molecule has 2 aromatic carbocycles. The van der Waals surface area contributed by atoms with Crippen LogP contribution >= 0.6 is 0 Å². The number of fused-ring (bicyclic) bond motifs is 3. The summed E-state index contributed by atoms with van der Waals surface area (Å²) in [5, 5.41) is 2.30. The lowest BCUT2D eigenvalue weighted by atomic mass is 9.71. The minimum atomic E-state index is -3.41. The van der Waals surface area contributed by atoms with Crippen molar-refractivity contribution >= 4 is 27.4 Å². The summed E-state index contributed by atoms with van der Waals surface area (Å²) in [7, 11) is 0.739. The average Bonchev–Trinajstić information content (AvgIpc) is 2.78. The van der Waals surface area contributed by atoms with Gasteiger partial charge in [0, 0.05) is 58.2 Å². The third-order valence-corrected chi connectivity index (χ3v) is 9.97. The Kier molecular flexibility index (Phi) is 6.76. The van der Waals surface area contributed by atoms with Crippen molar-refractivity contribution in [3.63, 3.8) is 0 Å². The summed E-state index contributed by atoms with van der Waals surface area (Å²) in [5.41, 5.74) is 6.48. The van der Waals surface area contributed by atoms with E-state index in [0.29, 0.717) is 13.1 Å². The highest BCUT2D eigenvalue weighted by atomic mass is 32.2. The zero-order valence-corrected chi connectivity index (χ0v) is 24.3.